The number of anilines is 1. The molecule has 3 aromatic rings. The highest BCUT2D eigenvalue weighted by atomic mass is 79.9. The lowest BCUT2D eigenvalue weighted by molar-refractivity contribution is -0.119. The van der Waals surface area contributed by atoms with Gasteiger partial charge < -0.3 is 14.8 Å². The van der Waals surface area contributed by atoms with Gasteiger partial charge in [0, 0.05) is 11.0 Å². The van der Waals surface area contributed by atoms with E-state index in [9.17, 15) is 13.2 Å². The molecule has 0 unspecified atom stereocenters. The van der Waals surface area contributed by atoms with Crippen molar-refractivity contribution >= 4 is 37.5 Å². The van der Waals surface area contributed by atoms with Crippen LogP contribution in [0.2, 0.25) is 0 Å². The van der Waals surface area contributed by atoms with Crippen molar-refractivity contribution in [2.24, 2.45) is 0 Å². The number of amides is 1. The number of nitrogens with one attached hydrogen (secondary N) is 1. The minimum atomic E-state index is -3.94. The van der Waals surface area contributed by atoms with Crippen molar-refractivity contribution in [2.45, 2.75) is 11.4 Å². The van der Waals surface area contributed by atoms with Crippen LogP contribution in [-0.2, 0) is 21.4 Å². The molecular formula is C22H19BrN2O5S. The lowest BCUT2D eigenvalue weighted by atomic mass is 10.2. The van der Waals surface area contributed by atoms with E-state index in [0.29, 0.717) is 21.7 Å². The number of benzene rings is 3. The highest BCUT2D eigenvalue weighted by molar-refractivity contribution is 9.10. The third-order valence-electron chi connectivity index (χ3n) is 4.64. The van der Waals surface area contributed by atoms with Crippen LogP contribution in [0.3, 0.4) is 0 Å². The van der Waals surface area contributed by atoms with Crippen LogP contribution >= 0.6 is 15.9 Å². The number of carbonyl (C=O) groups is 1. The predicted molar refractivity (Wildman–Crippen MR) is 120 cm³/mol. The molecule has 4 rings (SSSR count). The first-order valence-corrected chi connectivity index (χ1v) is 11.7. The normalized spacial score (nSPS) is 12.4. The molecule has 0 saturated carbocycles. The Balaban J connectivity index is 1.54. The lowest BCUT2D eigenvalue weighted by Crippen LogP contribution is -2.40. The van der Waals surface area contributed by atoms with Gasteiger partial charge in [0.2, 0.25) is 12.7 Å². The second-order valence-corrected chi connectivity index (χ2v) is 9.55. The number of fused-ring (bicyclic) bond motifs is 1. The fraction of sp³-hybridized carbons (Fsp3) is 0.136. The van der Waals surface area contributed by atoms with Crippen molar-refractivity contribution in [3.63, 3.8) is 0 Å². The average molecular weight is 503 g/mol. The van der Waals surface area contributed by atoms with Crippen LogP contribution in [-0.4, -0.2) is 27.7 Å². The van der Waals surface area contributed by atoms with Gasteiger partial charge in [0.1, 0.15) is 6.54 Å². The molecule has 160 valence electrons. The maximum atomic E-state index is 13.3. The molecule has 9 heteroatoms. The summed E-state index contributed by atoms with van der Waals surface area (Å²) in [7, 11) is -3.94. The molecule has 0 bridgehead atoms. The number of sulfonamides is 1. The number of ether oxygens (including phenoxy) is 2. The van der Waals surface area contributed by atoms with Crippen LogP contribution < -0.4 is 19.1 Å². The van der Waals surface area contributed by atoms with Gasteiger partial charge in [-0.05, 0) is 48.0 Å². The molecule has 0 saturated heterocycles. The summed E-state index contributed by atoms with van der Waals surface area (Å²) in [6.07, 6.45) is 0. The van der Waals surface area contributed by atoms with E-state index in [-0.39, 0.29) is 24.8 Å². The van der Waals surface area contributed by atoms with E-state index >= 15 is 0 Å². The summed E-state index contributed by atoms with van der Waals surface area (Å²) >= 11 is 3.36. The molecule has 1 amide bonds. The van der Waals surface area contributed by atoms with Gasteiger partial charge in [-0.25, -0.2) is 8.42 Å². The first kappa shape index (κ1) is 21.2. The Morgan fingerprint density at radius 2 is 1.74 bits per heavy atom. The van der Waals surface area contributed by atoms with E-state index in [2.05, 4.69) is 21.2 Å². The van der Waals surface area contributed by atoms with Crippen LogP contribution in [0.5, 0.6) is 11.5 Å². The molecule has 0 aliphatic carbocycles. The second-order valence-electron chi connectivity index (χ2n) is 6.77. The number of rotatable bonds is 7. The van der Waals surface area contributed by atoms with Crippen molar-refractivity contribution in [1.29, 1.82) is 0 Å². The summed E-state index contributed by atoms with van der Waals surface area (Å²) in [5, 5.41) is 2.78. The first-order valence-electron chi connectivity index (χ1n) is 9.42. The number of hydrogen-bond acceptors (Lipinski definition) is 5. The largest absolute Gasteiger partial charge is 0.454 e. The molecule has 0 spiro atoms. The van der Waals surface area contributed by atoms with E-state index in [4.69, 9.17) is 9.47 Å². The van der Waals surface area contributed by atoms with Crippen LogP contribution in [0, 0.1) is 0 Å². The van der Waals surface area contributed by atoms with Crippen molar-refractivity contribution in [3.8, 4) is 11.5 Å². The number of carbonyl (C=O) groups excluding carboxylic acids is 1. The molecule has 0 aromatic heterocycles. The summed E-state index contributed by atoms with van der Waals surface area (Å²) in [5.41, 5.74) is 1.20. The van der Waals surface area contributed by atoms with Gasteiger partial charge in [-0.15, -0.1) is 0 Å². The Labute approximate surface area is 188 Å². The van der Waals surface area contributed by atoms with Crippen molar-refractivity contribution in [3.05, 3.63) is 82.8 Å². The fourth-order valence-electron chi connectivity index (χ4n) is 3.10. The lowest BCUT2D eigenvalue weighted by Gasteiger charge is -2.24. The zero-order valence-corrected chi connectivity index (χ0v) is 18.7. The summed E-state index contributed by atoms with van der Waals surface area (Å²) in [6, 6.07) is 20.2. The third-order valence-corrected chi connectivity index (χ3v) is 6.92. The molecule has 0 atom stereocenters. The van der Waals surface area contributed by atoms with Gasteiger partial charge in [-0.3, -0.25) is 9.10 Å². The number of nitrogens with zero attached hydrogens (tertiary/aromatic N) is 1. The van der Waals surface area contributed by atoms with Gasteiger partial charge in [0.15, 0.2) is 11.5 Å². The number of hydrogen-bond donors (Lipinski definition) is 1. The second kappa shape index (κ2) is 8.99. The van der Waals surface area contributed by atoms with Crippen LogP contribution in [0.1, 0.15) is 5.56 Å². The van der Waals surface area contributed by atoms with Crippen LogP contribution in [0.15, 0.2) is 82.2 Å². The van der Waals surface area contributed by atoms with Gasteiger partial charge in [-0.2, -0.15) is 0 Å². The van der Waals surface area contributed by atoms with E-state index < -0.39 is 15.9 Å². The SMILES string of the molecule is O=C(CN(c1cccc(Br)c1)S(=O)(=O)c1ccccc1)NCc1ccc2c(c1)OCO2. The Morgan fingerprint density at radius 3 is 2.52 bits per heavy atom. The Kier molecular flexibility index (Phi) is 6.15. The first-order chi connectivity index (χ1) is 14.9. The summed E-state index contributed by atoms with van der Waals surface area (Å²) < 4.78 is 39.0. The molecular weight excluding hydrogens is 484 g/mol. The standard InChI is InChI=1S/C22H19BrN2O5S/c23-17-5-4-6-18(12-17)25(31(27,28)19-7-2-1-3-8-19)14-22(26)24-13-16-9-10-20-21(11-16)30-15-29-20/h1-12H,13-15H2,(H,24,26). The molecule has 1 aliphatic heterocycles. The highest BCUT2D eigenvalue weighted by Crippen LogP contribution is 2.32. The van der Waals surface area contributed by atoms with E-state index in [1.54, 1.807) is 54.6 Å². The molecule has 31 heavy (non-hydrogen) atoms. The van der Waals surface area contributed by atoms with Crippen molar-refractivity contribution in [1.82, 2.24) is 5.32 Å². The molecule has 3 aromatic carbocycles. The van der Waals surface area contributed by atoms with Gasteiger partial charge >= 0.3 is 0 Å². The third kappa shape index (κ3) is 4.83. The monoisotopic (exact) mass is 502 g/mol. The maximum Gasteiger partial charge on any atom is 0.264 e. The molecule has 0 radical (unpaired) electrons. The summed E-state index contributed by atoms with van der Waals surface area (Å²) in [6.45, 7) is 0.0372. The molecule has 1 heterocycles. The predicted octanol–water partition coefficient (Wildman–Crippen LogP) is 3.69. The van der Waals surface area contributed by atoms with E-state index in [0.717, 1.165) is 9.87 Å². The minimum Gasteiger partial charge on any atom is -0.454 e. The maximum absolute atomic E-state index is 13.3. The fourth-order valence-corrected chi connectivity index (χ4v) is 4.92. The average Bonchev–Trinajstić information content (AvgIpc) is 3.24. The topological polar surface area (TPSA) is 84.9 Å². The van der Waals surface area contributed by atoms with Gasteiger partial charge in [0.05, 0.1) is 10.6 Å². The summed E-state index contributed by atoms with van der Waals surface area (Å²) in [4.78, 5) is 12.8. The van der Waals surface area contributed by atoms with Crippen molar-refractivity contribution < 1.29 is 22.7 Å². The molecule has 0 fully saturated rings. The Hall–Kier alpha value is -3.04. The highest BCUT2D eigenvalue weighted by Gasteiger charge is 2.27. The molecule has 1 aliphatic rings. The van der Waals surface area contributed by atoms with E-state index in [1.807, 2.05) is 6.07 Å². The van der Waals surface area contributed by atoms with E-state index in [1.165, 1.54) is 12.1 Å². The van der Waals surface area contributed by atoms with Gasteiger partial charge in [0.25, 0.3) is 10.0 Å². The quantitative estimate of drug-likeness (QED) is 0.532. The summed E-state index contributed by atoms with van der Waals surface area (Å²) in [5.74, 6) is 0.844. The molecule has 1 N–H and O–H groups in total. The zero-order chi connectivity index (χ0) is 21.8. The molecule has 7 nitrogen and oxygen atoms in total. The van der Waals surface area contributed by atoms with Crippen molar-refractivity contribution in [2.75, 3.05) is 17.6 Å². The minimum absolute atomic E-state index is 0.110. The Bertz CT molecular complexity index is 1200. The number of halogens is 1. The van der Waals surface area contributed by atoms with Crippen LogP contribution in [0.4, 0.5) is 5.69 Å². The van der Waals surface area contributed by atoms with Crippen LogP contribution in [0.25, 0.3) is 0 Å². The van der Waals surface area contributed by atoms with Gasteiger partial charge in [-0.1, -0.05) is 46.3 Å². The Morgan fingerprint density at radius 1 is 0.968 bits per heavy atom. The smallest absolute Gasteiger partial charge is 0.264 e. The zero-order valence-electron chi connectivity index (χ0n) is 16.3.